The second kappa shape index (κ2) is 10.6. The predicted molar refractivity (Wildman–Crippen MR) is 116 cm³/mol. The Morgan fingerprint density at radius 2 is 1.72 bits per heavy atom. The SMILES string of the molecule is CC[C@H]1OC(=O)[C@H](C)C[C@H](C)C[C@](C)(OC)C[C@@H](C)CN(C)[C@H](C)C(O)[C@]1(C)O. The van der Waals surface area contributed by atoms with E-state index < -0.39 is 17.8 Å². The van der Waals surface area contributed by atoms with Crippen molar-refractivity contribution in [1.82, 2.24) is 4.90 Å². The summed E-state index contributed by atoms with van der Waals surface area (Å²) in [6.45, 7) is 14.5. The molecule has 0 aromatic heterocycles. The second-order valence-corrected chi connectivity index (χ2v) is 10.1. The molecule has 2 N–H and O–H groups in total. The Labute approximate surface area is 177 Å². The minimum absolute atomic E-state index is 0.275. The van der Waals surface area contributed by atoms with Crippen LogP contribution in [0.1, 0.15) is 74.1 Å². The van der Waals surface area contributed by atoms with Crippen molar-refractivity contribution >= 4 is 5.97 Å². The summed E-state index contributed by atoms with van der Waals surface area (Å²) in [5.41, 5.74) is -1.81. The maximum atomic E-state index is 12.7. The first-order chi connectivity index (χ1) is 13.3. The van der Waals surface area contributed by atoms with Gasteiger partial charge < -0.3 is 24.6 Å². The number of cyclic esters (lactones) is 1. The van der Waals surface area contributed by atoms with Gasteiger partial charge in [0.2, 0.25) is 0 Å². The Morgan fingerprint density at radius 1 is 1.17 bits per heavy atom. The monoisotopic (exact) mass is 415 g/mol. The van der Waals surface area contributed by atoms with Crippen LogP contribution >= 0.6 is 0 Å². The summed E-state index contributed by atoms with van der Waals surface area (Å²) in [6, 6.07) is -0.296. The van der Waals surface area contributed by atoms with Crippen LogP contribution < -0.4 is 0 Å². The maximum absolute atomic E-state index is 12.7. The van der Waals surface area contributed by atoms with E-state index in [0.717, 1.165) is 19.4 Å². The van der Waals surface area contributed by atoms with Gasteiger partial charge in [0.05, 0.1) is 11.5 Å². The molecule has 0 aromatic carbocycles. The number of ether oxygens (including phenoxy) is 2. The van der Waals surface area contributed by atoms with E-state index in [1.807, 2.05) is 27.8 Å². The molecule has 0 aliphatic carbocycles. The third-order valence-corrected chi connectivity index (χ3v) is 6.84. The minimum atomic E-state index is -1.53. The van der Waals surface area contributed by atoms with Gasteiger partial charge in [0.1, 0.15) is 17.8 Å². The van der Waals surface area contributed by atoms with Crippen LogP contribution in [0.5, 0.6) is 0 Å². The highest BCUT2D eigenvalue weighted by Gasteiger charge is 2.45. The van der Waals surface area contributed by atoms with Crippen molar-refractivity contribution in [3.8, 4) is 0 Å². The molecule has 1 aliphatic heterocycles. The summed E-state index contributed by atoms with van der Waals surface area (Å²) in [7, 11) is 3.71. The first kappa shape index (κ1) is 26.3. The van der Waals surface area contributed by atoms with E-state index in [1.54, 1.807) is 14.0 Å². The number of carbonyl (C=O) groups excluding carboxylic acids is 1. The molecular formula is C23H45NO5. The van der Waals surface area contributed by atoms with Gasteiger partial charge in [-0.1, -0.05) is 27.7 Å². The lowest BCUT2D eigenvalue weighted by Gasteiger charge is -2.42. The van der Waals surface area contributed by atoms with Gasteiger partial charge in [-0.3, -0.25) is 4.79 Å². The van der Waals surface area contributed by atoms with E-state index in [1.165, 1.54) is 0 Å². The van der Waals surface area contributed by atoms with Gasteiger partial charge in [-0.05, 0) is 65.3 Å². The van der Waals surface area contributed by atoms with Crippen molar-refractivity contribution in [3.05, 3.63) is 0 Å². The van der Waals surface area contributed by atoms with Crippen molar-refractivity contribution in [2.75, 3.05) is 20.7 Å². The van der Waals surface area contributed by atoms with Gasteiger partial charge in [0, 0.05) is 19.7 Å². The van der Waals surface area contributed by atoms with E-state index in [2.05, 4.69) is 25.7 Å². The lowest BCUT2D eigenvalue weighted by Crippen LogP contribution is -2.58. The molecule has 1 rings (SSSR count). The van der Waals surface area contributed by atoms with Crippen LogP contribution in [0.4, 0.5) is 0 Å². The van der Waals surface area contributed by atoms with Crippen LogP contribution in [0.25, 0.3) is 0 Å². The Balaban J connectivity index is 3.23. The fourth-order valence-electron chi connectivity index (χ4n) is 5.02. The topological polar surface area (TPSA) is 79.2 Å². The Morgan fingerprint density at radius 3 is 2.24 bits per heavy atom. The van der Waals surface area contributed by atoms with E-state index in [-0.39, 0.29) is 23.5 Å². The van der Waals surface area contributed by atoms with E-state index in [0.29, 0.717) is 24.7 Å². The third kappa shape index (κ3) is 6.91. The summed E-state index contributed by atoms with van der Waals surface area (Å²) in [5.74, 6) is 0.0390. The van der Waals surface area contributed by atoms with Gasteiger partial charge in [0.25, 0.3) is 0 Å². The van der Waals surface area contributed by atoms with Crippen molar-refractivity contribution in [2.24, 2.45) is 17.8 Å². The van der Waals surface area contributed by atoms with Crippen molar-refractivity contribution < 1.29 is 24.5 Å². The van der Waals surface area contributed by atoms with Gasteiger partial charge in [-0.2, -0.15) is 0 Å². The largest absolute Gasteiger partial charge is 0.459 e. The zero-order valence-corrected chi connectivity index (χ0v) is 20.1. The summed E-state index contributed by atoms with van der Waals surface area (Å²) in [5, 5.41) is 22.1. The second-order valence-electron chi connectivity index (χ2n) is 10.1. The Kier molecular flexibility index (Phi) is 9.59. The zero-order chi connectivity index (χ0) is 22.6. The van der Waals surface area contributed by atoms with Gasteiger partial charge >= 0.3 is 5.97 Å². The molecule has 0 bridgehead atoms. The van der Waals surface area contributed by atoms with Crippen molar-refractivity contribution in [1.29, 1.82) is 0 Å². The third-order valence-electron chi connectivity index (χ3n) is 6.84. The molecule has 6 nitrogen and oxygen atoms in total. The number of nitrogens with zero attached hydrogens (tertiary/aromatic N) is 1. The molecule has 0 radical (unpaired) electrons. The van der Waals surface area contributed by atoms with Crippen LogP contribution in [0.15, 0.2) is 0 Å². The van der Waals surface area contributed by atoms with Gasteiger partial charge in [-0.15, -0.1) is 0 Å². The number of aliphatic hydroxyl groups is 2. The molecule has 0 aromatic rings. The normalized spacial score (nSPS) is 44.6. The van der Waals surface area contributed by atoms with Crippen molar-refractivity contribution in [2.45, 2.75) is 104 Å². The van der Waals surface area contributed by atoms with Crippen LogP contribution in [-0.4, -0.2) is 71.2 Å². The number of esters is 1. The highest BCUT2D eigenvalue weighted by molar-refractivity contribution is 5.72. The average Bonchev–Trinajstić information content (AvgIpc) is 2.62. The van der Waals surface area contributed by atoms with Crippen molar-refractivity contribution in [3.63, 3.8) is 0 Å². The number of hydrogen-bond acceptors (Lipinski definition) is 6. The molecule has 1 saturated heterocycles. The Hall–Kier alpha value is -0.690. The van der Waals surface area contributed by atoms with Gasteiger partial charge in [0.15, 0.2) is 0 Å². The summed E-state index contributed by atoms with van der Waals surface area (Å²) in [4.78, 5) is 14.8. The number of hydrogen-bond donors (Lipinski definition) is 2. The highest BCUT2D eigenvalue weighted by atomic mass is 16.6. The molecule has 29 heavy (non-hydrogen) atoms. The maximum Gasteiger partial charge on any atom is 0.309 e. The molecule has 6 heteroatoms. The lowest BCUT2D eigenvalue weighted by atomic mass is 9.82. The smallest absolute Gasteiger partial charge is 0.309 e. The van der Waals surface area contributed by atoms with E-state index >= 15 is 0 Å². The fraction of sp³-hybridized carbons (Fsp3) is 0.957. The molecule has 1 fully saturated rings. The number of likely N-dealkylation sites (N-methyl/N-ethyl adjacent to an activating group) is 1. The minimum Gasteiger partial charge on any atom is -0.459 e. The molecule has 172 valence electrons. The number of methoxy groups -OCH3 is 1. The van der Waals surface area contributed by atoms with Crippen LogP contribution in [-0.2, 0) is 14.3 Å². The summed E-state index contributed by atoms with van der Waals surface area (Å²) < 4.78 is 11.6. The summed E-state index contributed by atoms with van der Waals surface area (Å²) >= 11 is 0. The molecule has 0 saturated carbocycles. The average molecular weight is 416 g/mol. The summed E-state index contributed by atoms with van der Waals surface area (Å²) in [6.07, 6.45) is 1.07. The van der Waals surface area contributed by atoms with E-state index in [9.17, 15) is 15.0 Å². The molecule has 0 amide bonds. The number of carbonyl (C=O) groups is 1. The first-order valence-corrected chi connectivity index (χ1v) is 11.1. The molecule has 1 heterocycles. The molecule has 1 aliphatic rings. The lowest BCUT2D eigenvalue weighted by molar-refractivity contribution is -0.189. The quantitative estimate of drug-likeness (QED) is 0.674. The first-order valence-electron chi connectivity index (χ1n) is 11.1. The molecule has 1 unspecified atom stereocenters. The van der Waals surface area contributed by atoms with E-state index in [4.69, 9.17) is 9.47 Å². The highest BCUT2D eigenvalue weighted by Crippen LogP contribution is 2.33. The predicted octanol–water partition coefficient (Wildman–Crippen LogP) is 3.24. The standard InChI is InChI=1S/C23H45NO5/c1-10-19-23(7,27)20(25)18(5)24(8)14-16(3)13-22(6,28-9)12-15(2)11-17(4)21(26)29-19/h15-20,25,27H,10-14H2,1-9H3/t15-,16+,17+,18+,19+,20?,22-,23+/m0/s1. The van der Waals surface area contributed by atoms with Crippen LogP contribution in [0.3, 0.4) is 0 Å². The van der Waals surface area contributed by atoms with Crippen LogP contribution in [0, 0.1) is 17.8 Å². The number of rotatable bonds is 2. The zero-order valence-electron chi connectivity index (χ0n) is 20.1. The molecular weight excluding hydrogens is 370 g/mol. The van der Waals surface area contributed by atoms with Crippen LogP contribution in [0.2, 0.25) is 0 Å². The molecule has 8 atom stereocenters. The fourth-order valence-corrected chi connectivity index (χ4v) is 5.02. The Bertz CT molecular complexity index is 525. The molecule has 0 spiro atoms. The van der Waals surface area contributed by atoms with Gasteiger partial charge in [-0.25, -0.2) is 0 Å². The number of aliphatic hydroxyl groups excluding tert-OH is 1.